The zero-order valence-electron chi connectivity index (χ0n) is 11.9. The van der Waals surface area contributed by atoms with Crippen molar-refractivity contribution in [1.82, 2.24) is 0 Å². The third kappa shape index (κ3) is 14.5. The molecule has 0 fully saturated rings. The second-order valence-electron chi connectivity index (χ2n) is 5.24. The third-order valence-corrected chi connectivity index (χ3v) is 4.94. The molecule has 0 spiro atoms. The minimum atomic E-state index is 1.10. The summed E-state index contributed by atoms with van der Waals surface area (Å²) >= 11 is 1.10. The second-order valence-corrected chi connectivity index (χ2v) is 7.34. The molecule has 0 bridgehead atoms. The molecule has 0 rings (SSSR count). The van der Waals surface area contributed by atoms with Crippen molar-refractivity contribution in [3.05, 3.63) is 0 Å². The van der Waals surface area contributed by atoms with Crippen molar-refractivity contribution in [1.29, 1.82) is 0 Å². The molecule has 0 nitrogen and oxygen atoms in total. The van der Waals surface area contributed by atoms with Gasteiger partial charge in [-0.05, 0) is 0 Å². The van der Waals surface area contributed by atoms with Crippen LogP contribution in [0.25, 0.3) is 0 Å². The van der Waals surface area contributed by atoms with E-state index in [1.165, 1.54) is 83.5 Å². The van der Waals surface area contributed by atoms with Gasteiger partial charge in [0.2, 0.25) is 0 Å². The van der Waals surface area contributed by atoms with E-state index >= 15 is 0 Å². The fourth-order valence-electron chi connectivity index (χ4n) is 2.27. The van der Waals surface area contributed by atoms with E-state index in [9.17, 15) is 0 Å². The van der Waals surface area contributed by atoms with Gasteiger partial charge in [-0.2, -0.15) is 0 Å². The molecule has 0 atom stereocenters. The first kappa shape index (κ1) is 16.5. The van der Waals surface area contributed by atoms with Crippen LogP contribution in [0.5, 0.6) is 0 Å². The van der Waals surface area contributed by atoms with Gasteiger partial charge in [0, 0.05) is 0 Å². The molecule has 0 heterocycles. The Kier molecular flexibility index (Phi) is 16.1. The molecule has 0 radical (unpaired) electrons. The summed E-state index contributed by atoms with van der Waals surface area (Å²) in [6.07, 6.45) is 19.3. The van der Waals surface area contributed by atoms with Crippen LogP contribution in [-0.4, -0.2) is 16.5 Å². The van der Waals surface area contributed by atoms with Gasteiger partial charge in [-0.15, -0.1) is 0 Å². The molecule has 0 saturated carbocycles. The van der Waals surface area contributed by atoms with Crippen molar-refractivity contribution >= 4 is 16.5 Å². The molecule has 0 aromatic rings. The van der Waals surface area contributed by atoms with Gasteiger partial charge in [0.25, 0.3) is 0 Å². The molecule has 1 heteroatoms. The van der Waals surface area contributed by atoms with E-state index < -0.39 is 0 Å². The zero-order valence-corrected chi connectivity index (χ0v) is 16.1. The molecule has 16 heavy (non-hydrogen) atoms. The Morgan fingerprint density at radius 2 is 0.812 bits per heavy atom. The summed E-state index contributed by atoms with van der Waals surface area (Å²) in [5, 5.41) is 1.56. The van der Waals surface area contributed by atoms with Gasteiger partial charge < -0.3 is 0 Å². The third-order valence-electron chi connectivity index (χ3n) is 3.46. The number of hydrogen-bond donors (Lipinski definition) is 0. The monoisotopic (exact) mass is 288 g/mol. The van der Waals surface area contributed by atoms with Crippen molar-refractivity contribution < 1.29 is 0 Å². The molecule has 0 amide bonds. The van der Waals surface area contributed by atoms with Gasteiger partial charge in [-0.1, -0.05) is 19.8 Å². The number of unbranched alkanes of at least 4 members (excludes halogenated alkanes) is 12. The van der Waals surface area contributed by atoms with Crippen LogP contribution >= 0.6 is 0 Å². The first-order chi connectivity index (χ1) is 7.91. The van der Waals surface area contributed by atoms with E-state index in [1.54, 1.807) is 5.25 Å². The molecule has 0 aliphatic heterocycles. The molecule has 0 aromatic heterocycles. The van der Waals surface area contributed by atoms with Crippen molar-refractivity contribution in [2.24, 2.45) is 0 Å². The average Bonchev–Trinajstić information content (AvgIpc) is 2.31. The fourth-order valence-corrected chi connectivity index (χ4v) is 3.32. The van der Waals surface area contributed by atoms with Crippen LogP contribution in [0.1, 0.15) is 90.4 Å². The first-order valence-corrected chi connectivity index (χ1v) is 10.9. The van der Waals surface area contributed by atoms with Gasteiger partial charge in [-0.3, -0.25) is 0 Å². The summed E-state index contributed by atoms with van der Waals surface area (Å²) in [7, 11) is 0. The van der Waals surface area contributed by atoms with Crippen molar-refractivity contribution in [2.45, 2.75) is 95.6 Å². The van der Waals surface area contributed by atoms with Gasteiger partial charge >= 0.3 is 92.4 Å². The zero-order chi connectivity index (χ0) is 11.9. The topological polar surface area (TPSA) is 0 Å². The van der Waals surface area contributed by atoms with Crippen molar-refractivity contribution in [3.8, 4) is 0 Å². The van der Waals surface area contributed by atoms with Crippen LogP contribution in [0.15, 0.2) is 0 Å². The summed E-state index contributed by atoms with van der Waals surface area (Å²) in [5.74, 6) is 0. The number of rotatable bonds is 13. The van der Waals surface area contributed by atoms with Gasteiger partial charge in [0.05, 0.1) is 0 Å². The van der Waals surface area contributed by atoms with Crippen LogP contribution in [0.2, 0.25) is 5.25 Å². The Labute approximate surface area is 112 Å². The molecule has 0 aliphatic rings. The number of hydrogen-bond acceptors (Lipinski definition) is 0. The Balaban J connectivity index is 2.83. The van der Waals surface area contributed by atoms with E-state index in [2.05, 4.69) is 6.92 Å². The average molecular weight is 287 g/mol. The van der Waals surface area contributed by atoms with E-state index in [-0.39, 0.29) is 0 Å². The van der Waals surface area contributed by atoms with E-state index in [0.717, 1.165) is 16.5 Å². The molecular weight excluding hydrogens is 253 g/mol. The van der Waals surface area contributed by atoms with Gasteiger partial charge in [0.1, 0.15) is 0 Å². The van der Waals surface area contributed by atoms with Crippen molar-refractivity contribution in [2.75, 3.05) is 0 Å². The van der Waals surface area contributed by atoms with E-state index in [0.29, 0.717) is 0 Å². The maximum absolute atomic E-state index is 2.29. The Morgan fingerprint density at radius 3 is 1.12 bits per heavy atom. The van der Waals surface area contributed by atoms with E-state index in [1.807, 2.05) is 0 Å². The normalized spacial score (nSPS) is 11.1. The summed E-state index contributed by atoms with van der Waals surface area (Å²) < 4.78 is 0. The molecule has 0 aromatic carbocycles. The summed E-state index contributed by atoms with van der Waals surface area (Å²) in [4.78, 5) is 0. The quantitative estimate of drug-likeness (QED) is 0.335. The second kappa shape index (κ2) is 15.5. The van der Waals surface area contributed by atoms with E-state index in [4.69, 9.17) is 0 Å². The minimum absolute atomic E-state index is 1.10. The predicted molar refractivity (Wildman–Crippen MR) is 80.4 cm³/mol. The summed E-state index contributed by atoms with van der Waals surface area (Å²) in [6.45, 7) is 2.29. The first-order valence-electron chi connectivity index (χ1n) is 7.91. The van der Waals surface area contributed by atoms with Crippen LogP contribution in [0.4, 0.5) is 0 Å². The van der Waals surface area contributed by atoms with Crippen LogP contribution in [0, 0.1) is 0 Å². The molecule has 98 valence electrons. The molecule has 0 aliphatic carbocycles. The standard InChI is InChI=1S/C15H34Ge/c1-2-3-4-5-6-7-8-9-10-11-12-13-14-15-16/h2-15H2,1,16H3. The van der Waals surface area contributed by atoms with Crippen LogP contribution in [-0.2, 0) is 0 Å². The summed E-state index contributed by atoms with van der Waals surface area (Å²) in [5.41, 5.74) is 0. The fraction of sp³-hybridized carbons (Fsp3) is 1.00. The molecule has 0 saturated heterocycles. The van der Waals surface area contributed by atoms with Gasteiger partial charge in [-0.25, -0.2) is 0 Å². The molecular formula is C15H34Ge. The molecule has 0 N–H and O–H groups in total. The maximum atomic E-state index is 2.29. The van der Waals surface area contributed by atoms with Gasteiger partial charge in [0.15, 0.2) is 0 Å². The van der Waals surface area contributed by atoms with Crippen LogP contribution in [0.3, 0.4) is 0 Å². The Bertz CT molecular complexity index is 98.0. The van der Waals surface area contributed by atoms with Crippen molar-refractivity contribution in [3.63, 3.8) is 0 Å². The summed E-state index contributed by atoms with van der Waals surface area (Å²) in [6, 6.07) is 0. The predicted octanol–water partition coefficient (Wildman–Crippen LogP) is 4.86. The SMILES string of the molecule is CCCCCCCCCCCCCC[CH2][GeH3]. The Hall–Kier alpha value is 0.543. The molecule has 0 unspecified atom stereocenters. The Morgan fingerprint density at radius 1 is 0.500 bits per heavy atom. The van der Waals surface area contributed by atoms with Crippen LogP contribution < -0.4 is 0 Å².